The number of benzene rings is 2. The number of carbonyl (C=O) groups is 2. The highest BCUT2D eigenvalue weighted by molar-refractivity contribution is 6.05. The van der Waals surface area contributed by atoms with Crippen molar-refractivity contribution in [2.24, 2.45) is 5.92 Å². The molecule has 1 heterocycles. The van der Waals surface area contributed by atoms with E-state index in [9.17, 15) is 18.4 Å². The van der Waals surface area contributed by atoms with Crippen LogP contribution in [0, 0.1) is 31.4 Å². The van der Waals surface area contributed by atoms with Gasteiger partial charge < -0.3 is 10.2 Å². The Morgan fingerprint density at radius 1 is 1.03 bits per heavy atom. The Labute approximate surface area is 200 Å². The molecule has 1 aliphatic heterocycles. The second kappa shape index (κ2) is 10.2. The molecular formula is C27H33F2N3O2. The Morgan fingerprint density at radius 3 is 2.47 bits per heavy atom. The second-order valence-electron chi connectivity index (χ2n) is 9.75. The zero-order chi connectivity index (χ0) is 24.4. The summed E-state index contributed by atoms with van der Waals surface area (Å²) in [4.78, 5) is 29.9. The van der Waals surface area contributed by atoms with Gasteiger partial charge in [0.1, 0.15) is 11.6 Å². The van der Waals surface area contributed by atoms with Gasteiger partial charge in [0.05, 0.1) is 0 Å². The van der Waals surface area contributed by atoms with E-state index in [1.807, 2.05) is 11.8 Å². The van der Waals surface area contributed by atoms with Gasteiger partial charge in [0.2, 0.25) is 5.91 Å². The summed E-state index contributed by atoms with van der Waals surface area (Å²) in [6.45, 7) is 8.31. The third kappa shape index (κ3) is 5.30. The smallest absolute Gasteiger partial charge is 0.256 e. The highest BCUT2D eigenvalue weighted by Gasteiger charge is 2.33. The van der Waals surface area contributed by atoms with E-state index in [0.29, 0.717) is 24.3 Å². The molecule has 1 N–H and O–H groups in total. The summed E-state index contributed by atoms with van der Waals surface area (Å²) in [5.74, 6) is -0.942. The minimum atomic E-state index is -0.493. The molecule has 1 atom stereocenters. The maximum absolute atomic E-state index is 14.5. The van der Waals surface area contributed by atoms with Crippen LogP contribution < -0.4 is 5.32 Å². The van der Waals surface area contributed by atoms with Crippen molar-refractivity contribution >= 4 is 17.5 Å². The molecule has 2 aromatic carbocycles. The molecule has 0 unspecified atom stereocenters. The summed E-state index contributed by atoms with van der Waals surface area (Å²) in [6, 6.07) is 6.94. The Bertz CT molecular complexity index is 1080. The Hall–Kier alpha value is -2.80. The number of halogens is 2. The fourth-order valence-corrected chi connectivity index (χ4v) is 5.21. The van der Waals surface area contributed by atoms with Crippen LogP contribution in [-0.4, -0.2) is 47.3 Å². The molecule has 2 fully saturated rings. The predicted molar refractivity (Wildman–Crippen MR) is 129 cm³/mol. The molecule has 2 aliphatic rings. The normalized spacial score (nSPS) is 19.4. The lowest BCUT2D eigenvalue weighted by molar-refractivity contribution is -0.140. The van der Waals surface area contributed by atoms with Gasteiger partial charge in [0, 0.05) is 49.4 Å². The number of piperazine rings is 1. The molecule has 1 aliphatic carbocycles. The van der Waals surface area contributed by atoms with E-state index < -0.39 is 17.5 Å². The minimum absolute atomic E-state index is 0.103. The highest BCUT2D eigenvalue weighted by Crippen LogP contribution is 2.29. The molecule has 7 heteroatoms. The maximum Gasteiger partial charge on any atom is 0.256 e. The van der Waals surface area contributed by atoms with E-state index in [2.05, 4.69) is 17.1 Å². The molecule has 0 aromatic heterocycles. The molecule has 1 saturated heterocycles. The van der Waals surface area contributed by atoms with E-state index >= 15 is 0 Å². The molecule has 2 aromatic rings. The van der Waals surface area contributed by atoms with Crippen molar-refractivity contribution in [2.45, 2.75) is 59.0 Å². The van der Waals surface area contributed by atoms with Gasteiger partial charge in [0.15, 0.2) is 0 Å². The van der Waals surface area contributed by atoms with Crippen LogP contribution >= 0.6 is 0 Å². The van der Waals surface area contributed by atoms with Crippen LogP contribution in [0.1, 0.15) is 59.7 Å². The number of rotatable bonds is 5. The van der Waals surface area contributed by atoms with Gasteiger partial charge in [-0.25, -0.2) is 8.78 Å². The van der Waals surface area contributed by atoms with Crippen LogP contribution in [0.4, 0.5) is 14.5 Å². The lowest BCUT2D eigenvalue weighted by Crippen LogP contribution is -2.54. The van der Waals surface area contributed by atoms with Gasteiger partial charge in [-0.2, -0.15) is 0 Å². The summed E-state index contributed by atoms with van der Waals surface area (Å²) in [5, 5.41) is 2.76. The van der Waals surface area contributed by atoms with Crippen molar-refractivity contribution in [3.8, 4) is 0 Å². The lowest BCUT2D eigenvalue weighted by Gasteiger charge is -2.41. The van der Waals surface area contributed by atoms with Crippen LogP contribution in [0.25, 0.3) is 0 Å². The summed E-state index contributed by atoms with van der Waals surface area (Å²) in [7, 11) is 0. The summed E-state index contributed by atoms with van der Waals surface area (Å²) in [6.07, 6.45) is 4.28. The summed E-state index contributed by atoms with van der Waals surface area (Å²) >= 11 is 0. The minimum Gasteiger partial charge on any atom is -0.337 e. The van der Waals surface area contributed by atoms with E-state index in [1.165, 1.54) is 24.3 Å². The van der Waals surface area contributed by atoms with Gasteiger partial charge in [-0.1, -0.05) is 18.9 Å². The third-order valence-corrected chi connectivity index (χ3v) is 7.27. The van der Waals surface area contributed by atoms with Crippen molar-refractivity contribution < 1.29 is 18.4 Å². The van der Waals surface area contributed by atoms with Crippen molar-refractivity contribution in [2.75, 3.05) is 25.0 Å². The lowest BCUT2D eigenvalue weighted by atomic mass is 10.0. The van der Waals surface area contributed by atoms with Gasteiger partial charge in [-0.15, -0.1) is 0 Å². The molecule has 0 bridgehead atoms. The molecule has 34 heavy (non-hydrogen) atoms. The van der Waals surface area contributed by atoms with Crippen LogP contribution in [0.5, 0.6) is 0 Å². The molecule has 182 valence electrons. The predicted octanol–water partition coefficient (Wildman–Crippen LogP) is 5.06. The largest absolute Gasteiger partial charge is 0.337 e. The highest BCUT2D eigenvalue weighted by atomic mass is 19.1. The third-order valence-electron chi connectivity index (χ3n) is 7.27. The molecule has 2 amide bonds. The molecule has 0 radical (unpaired) electrons. The fraction of sp³-hybridized carbons (Fsp3) is 0.481. The van der Waals surface area contributed by atoms with Crippen LogP contribution in [-0.2, 0) is 11.3 Å². The number of nitrogens with zero attached hydrogens (tertiary/aromatic N) is 2. The quantitative estimate of drug-likeness (QED) is 0.666. The van der Waals surface area contributed by atoms with Crippen LogP contribution in [0.15, 0.2) is 30.3 Å². The number of anilines is 1. The van der Waals surface area contributed by atoms with Crippen LogP contribution in [0.3, 0.4) is 0 Å². The van der Waals surface area contributed by atoms with Crippen molar-refractivity contribution in [3.63, 3.8) is 0 Å². The van der Waals surface area contributed by atoms with Crippen molar-refractivity contribution in [1.29, 1.82) is 0 Å². The summed E-state index contributed by atoms with van der Waals surface area (Å²) < 4.78 is 28.1. The molecule has 4 rings (SSSR count). The SMILES string of the molecule is Cc1ccc(F)cc1C(=O)Nc1cc(F)cc(CN2CCN(C(=O)C3CCCC3)[C@@H](C)C2)c1C. The standard InChI is InChI=1S/C27H33F2N3O2/c1-17-8-9-22(28)13-24(17)26(33)30-25-14-23(29)12-21(19(25)3)16-31-10-11-32(18(2)15-31)27(34)20-6-4-5-7-20/h8-9,12-14,18,20H,4-7,10-11,15-16H2,1-3H3,(H,30,33)/t18-/m0/s1. The fourth-order valence-electron chi connectivity index (χ4n) is 5.21. The first kappa shape index (κ1) is 24.3. The average molecular weight is 470 g/mol. The maximum atomic E-state index is 14.5. The summed E-state index contributed by atoms with van der Waals surface area (Å²) in [5.41, 5.74) is 2.82. The van der Waals surface area contributed by atoms with Gasteiger partial charge in [0.25, 0.3) is 5.91 Å². The molecular weight excluding hydrogens is 436 g/mol. The van der Waals surface area contributed by atoms with Crippen molar-refractivity contribution in [3.05, 3.63) is 64.2 Å². The Morgan fingerprint density at radius 2 is 1.76 bits per heavy atom. The number of hydrogen-bond acceptors (Lipinski definition) is 3. The average Bonchev–Trinajstić information content (AvgIpc) is 3.33. The van der Waals surface area contributed by atoms with Gasteiger partial charge >= 0.3 is 0 Å². The first-order valence-corrected chi connectivity index (χ1v) is 12.1. The monoisotopic (exact) mass is 469 g/mol. The van der Waals surface area contributed by atoms with Crippen LogP contribution in [0.2, 0.25) is 0 Å². The zero-order valence-corrected chi connectivity index (χ0v) is 20.2. The van der Waals surface area contributed by atoms with Gasteiger partial charge in [-0.05, 0) is 74.6 Å². The van der Waals surface area contributed by atoms with Crippen molar-refractivity contribution in [1.82, 2.24) is 9.80 Å². The Balaban J connectivity index is 1.44. The van der Waals surface area contributed by atoms with Gasteiger partial charge in [-0.3, -0.25) is 14.5 Å². The number of hydrogen-bond donors (Lipinski definition) is 1. The number of carbonyl (C=O) groups excluding carboxylic acids is 2. The molecule has 5 nitrogen and oxygen atoms in total. The number of nitrogens with one attached hydrogen (secondary N) is 1. The zero-order valence-electron chi connectivity index (χ0n) is 20.2. The van der Waals surface area contributed by atoms with E-state index in [-0.39, 0.29) is 23.4 Å². The van der Waals surface area contributed by atoms with E-state index in [4.69, 9.17) is 0 Å². The first-order valence-electron chi connectivity index (χ1n) is 12.1. The van der Waals surface area contributed by atoms with E-state index in [0.717, 1.165) is 49.9 Å². The number of aryl methyl sites for hydroxylation is 1. The Kier molecular flexibility index (Phi) is 7.31. The second-order valence-corrected chi connectivity index (χ2v) is 9.75. The molecule has 1 saturated carbocycles. The first-order chi connectivity index (χ1) is 16.2. The topological polar surface area (TPSA) is 52.7 Å². The van der Waals surface area contributed by atoms with E-state index in [1.54, 1.807) is 13.0 Å². The number of amides is 2. The molecule has 0 spiro atoms.